The molecule has 0 bridgehead atoms. The average molecular weight is 269 g/mol. The maximum atomic E-state index is 12.0. The predicted molar refractivity (Wildman–Crippen MR) is 62.1 cm³/mol. The van der Waals surface area contributed by atoms with Crippen LogP contribution < -0.4 is 0 Å². The normalized spacial score (nSPS) is 16.9. The van der Waals surface area contributed by atoms with Crippen LogP contribution in [0, 0.1) is 5.92 Å². The van der Waals surface area contributed by atoms with Gasteiger partial charge in [-0.3, -0.25) is 4.79 Å². The molecule has 0 saturated heterocycles. The highest BCUT2D eigenvalue weighted by atomic mass is 79.9. The number of hydrogen-bond donors (Lipinski definition) is 1. The van der Waals surface area contributed by atoms with Crippen molar-refractivity contribution in [3.8, 4) is 5.75 Å². The second-order valence-electron chi connectivity index (χ2n) is 3.98. The molecule has 2 nitrogen and oxygen atoms in total. The maximum absolute atomic E-state index is 12.0. The lowest BCUT2D eigenvalue weighted by atomic mass is 9.96. The number of hydrogen-bond acceptors (Lipinski definition) is 2. The Labute approximate surface area is 97.4 Å². The predicted octanol–water partition coefficient (Wildman–Crippen LogP) is 3.53. The molecule has 0 amide bonds. The SMILES string of the molecule is O=C(c1cccc(Br)c1O)C1CCCC1. The van der Waals surface area contributed by atoms with Gasteiger partial charge in [0.05, 0.1) is 10.0 Å². The lowest BCUT2D eigenvalue weighted by molar-refractivity contribution is 0.0920. The maximum Gasteiger partial charge on any atom is 0.169 e. The molecule has 0 radical (unpaired) electrons. The van der Waals surface area contributed by atoms with Gasteiger partial charge in [0.25, 0.3) is 0 Å². The van der Waals surface area contributed by atoms with Gasteiger partial charge in [-0.05, 0) is 40.9 Å². The zero-order chi connectivity index (χ0) is 10.8. The van der Waals surface area contributed by atoms with E-state index in [-0.39, 0.29) is 17.5 Å². The number of ketones is 1. The summed E-state index contributed by atoms with van der Waals surface area (Å²) in [6, 6.07) is 5.22. The number of rotatable bonds is 2. The van der Waals surface area contributed by atoms with E-state index in [1.807, 2.05) is 0 Å². The Morgan fingerprint density at radius 2 is 2.00 bits per heavy atom. The van der Waals surface area contributed by atoms with Gasteiger partial charge in [-0.25, -0.2) is 0 Å². The highest BCUT2D eigenvalue weighted by molar-refractivity contribution is 9.10. The zero-order valence-corrected chi connectivity index (χ0v) is 9.96. The van der Waals surface area contributed by atoms with E-state index in [1.54, 1.807) is 18.2 Å². The topological polar surface area (TPSA) is 37.3 Å². The van der Waals surface area contributed by atoms with Crippen LogP contribution in [0.2, 0.25) is 0 Å². The van der Waals surface area contributed by atoms with E-state index in [1.165, 1.54) is 0 Å². The van der Waals surface area contributed by atoms with E-state index < -0.39 is 0 Å². The van der Waals surface area contributed by atoms with Gasteiger partial charge >= 0.3 is 0 Å². The van der Waals surface area contributed by atoms with Crippen molar-refractivity contribution in [3.63, 3.8) is 0 Å². The molecular formula is C12H13BrO2. The summed E-state index contributed by atoms with van der Waals surface area (Å²) in [6.07, 6.45) is 4.19. The lowest BCUT2D eigenvalue weighted by Crippen LogP contribution is -2.11. The van der Waals surface area contributed by atoms with Crippen molar-refractivity contribution < 1.29 is 9.90 Å². The molecule has 80 valence electrons. The number of carbonyl (C=O) groups is 1. The summed E-state index contributed by atoms with van der Waals surface area (Å²) < 4.78 is 0.589. The molecule has 2 rings (SSSR count). The van der Waals surface area contributed by atoms with Crippen molar-refractivity contribution in [1.82, 2.24) is 0 Å². The molecule has 0 unspecified atom stereocenters. The summed E-state index contributed by atoms with van der Waals surface area (Å²) in [4.78, 5) is 12.0. The largest absolute Gasteiger partial charge is 0.506 e. The molecule has 1 aromatic carbocycles. The van der Waals surface area contributed by atoms with Crippen LogP contribution in [-0.4, -0.2) is 10.9 Å². The van der Waals surface area contributed by atoms with Gasteiger partial charge in [0, 0.05) is 5.92 Å². The van der Waals surface area contributed by atoms with Gasteiger partial charge in [0.2, 0.25) is 0 Å². The zero-order valence-electron chi connectivity index (χ0n) is 8.37. The van der Waals surface area contributed by atoms with E-state index in [0.717, 1.165) is 25.7 Å². The second kappa shape index (κ2) is 4.35. The molecule has 1 saturated carbocycles. The van der Waals surface area contributed by atoms with Crippen molar-refractivity contribution in [1.29, 1.82) is 0 Å². The fraction of sp³-hybridized carbons (Fsp3) is 0.417. The van der Waals surface area contributed by atoms with E-state index in [0.29, 0.717) is 10.0 Å². The molecule has 0 heterocycles. The van der Waals surface area contributed by atoms with Crippen molar-refractivity contribution in [2.45, 2.75) is 25.7 Å². The van der Waals surface area contributed by atoms with Gasteiger partial charge in [-0.15, -0.1) is 0 Å². The first-order valence-electron chi connectivity index (χ1n) is 5.22. The number of aromatic hydroxyl groups is 1. The van der Waals surface area contributed by atoms with Crippen LogP contribution in [0.5, 0.6) is 5.75 Å². The van der Waals surface area contributed by atoms with E-state index in [9.17, 15) is 9.90 Å². The molecule has 1 fully saturated rings. The number of phenolic OH excluding ortho intramolecular Hbond substituents is 1. The van der Waals surface area contributed by atoms with Gasteiger partial charge in [0.15, 0.2) is 5.78 Å². The van der Waals surface area contributed by atoms with Crippen LogP contribution in [0.1, 0.15) is 36.0 Å². The number of Topliss-reactive ketones (excluding diaryl/α,β-unsaturated/α-hetero) is 1. The Hall–Kier alpha value is -0.830. The van der Waals surface area contributed by atoms with E-state index in [2.05, 4.69) is 15.9 Å². The Bertz CT molecular complexity index is 381. The molecule has 1 aliphatic carbocycles. The Morgan fingerprint density at radius 3 is 2.67 bits per heavy atom. The first kappa shape index (κ1) is 10.7. The van der Waals surface area contributed by atoms with Crippen LogP contribution in [0.25, 0.3) is 0 Å². The van der Waals surface area contributed by atoms with Crippen LogP contribution in [0.4, 0.5) is 0 Å². The van der Waals surface area contributed by atoms with Crippen molar-refractivity contribution in [2.75, 3.05) is 0 Å². The summed E-state index contributed by atoms with van der Waals surface area (Å²) in [6.45, 7) is 0. The van der Waals surface area contributed by atoms with Crippen LogP contribution in [-0.2, 0) is 0 Å². The third-order valence-corrected chi connectivity index (χ3v) is 3.62. The standard InChI is InChI=1S/C12H13BrO2/c13-10-7-3-6-9(12(10)15)11(14)8-4-1-2-5-8/h3,6-8,15H,1-2,4-5H2. The fourth-order valence-corrected chi connectivity index (χ4v) is 2.49. The minimum atomic E-state index is 0.0781. The van der Waals surface area contributed by atoms with Gasteiger partial charge in [-0.1, -0.05) is 18.9 Å². The Balaban J connectivity index is 2.28. The Morgan fingerprint density at radius 1 is 1.33 bits per heavy atom. The first-order valence-corrected chi connectivity index (χ1v) is 6.01. The van der Waals surface area contributed by atoms with Crippen LogP contribution in [0.15, 0.2) is 22.7 Å². The third kappa shape index (κ3) is 2.07. The molecule has 0 atom stereocenters. The minimum absolute atomic E-state index is 0.0781. The smallest absolute Gasteiger partial charge is 0.169 e. The molecular weight excluding hydrogens is 256 g/mol. The molecule has 3 heteroatoms. The number of halogens is 1. The summed E-state index contributed by atoms with van der Waals surface area (Å²) in [7, 11) is 0. The van der Waals surface area contributed by atoms with Gasteiger partial charge in [0.1, 0.15) is 5.75 Å². The molecule has 1 N–H and O–H groups in total. The average Bonchev–Trinajstić information content (AvgIpc) is 2.74. The van der Waals surface area contributed by atoms with Gasteiger partial charge < -0.3 is 5.11 Å². The van der Waals surface area contributed by atoms with E-state index in [4.69, 9.17) is 0 Å². The number of carbonyl (C=O) groups excluding carboxylic acids is 1. The molecule has 15 heavy (non-hydrogen) atoms. The molecule has 1 aliphatic rings. The highest BCUT2D eigenvalue weighted by Crippen LogP contribution is 2.33. The lowest BCUT2D eigenvalue weighted by Gasteiger charge is -2.09. The molecule has 0 aliphatic heterocycles. The minimum Gasteiger partial charge on any atom is -0.506 e. The monoisotopic (exact) mass is 268 g/mol. The van der Waals surface area contributed by atoms with Gasteiger partial charge in [-0.2, -0.15) is 0 Å². The fourth-order valence-electron chi connectivity index (χ4n) is 2.12. The molecule has 1 aromatic rings. The Kier molecular flexibility index (Phi) is 3.10. The van der Waals surface area contributed by atoms with E-state index >= 15 is 0 Å². The van der Waals surface area contributed by atoms with Crippen molar-refractivity contribution in [2.24, 2.45) is 5.92 Å². The summed E-state index contributed by atoms with van der Waals surface area (Å²) >= 11 is 3.22. The van der Waals surface area contributed by atoms with Crippen molar-refractivity contribution in [3.05, 3.63) is 28.2 Å². The number of benzene rings is 1. The quantitative estimate of drug-likeness (QED) is 0.834. The number of phenols is 1. The second-order valence-corrected chi connectivity index (χ2v) is 4.84. The molecule has 0 spiro atoms. The summed E-state index contributed by atoms with van der Waals surface area (Å²) in [5, 5.41) is 9.76. The molecule has 0 aromatic heterocycles. The first-order chi connectivity index (χ1) is 7.20. The number of para-hydroxylation sites is 1. The third-order valence-electron chi connectivity index (χ3n) is 2.98. The highest BCUT2D eigenvalue weighted by Gasteiger charge is 2.25. The summed E-state index contributed by atoms with van der Waals surface area (Å²) in [5.74, 6) is 0.283. The van der Waals surface area contributed by atoms with Crippen LogP contribution >= 0.6 is 15.9 Å². The van der Waals surface area contributed by atoms with Crippen LogP contribution in [0.3, 0.4) is 0 Å². The van der Waals surface area contributed by atoms with Crippen molar-refractivity contribution >= 4 is 21.7 Å². The summed E-state index contributed by atoms with van der Waals surface area (Å²) in [5.41, 5.74) is 0.455.